The molecule has 0 saturated carbocycles. The summed E-state index contributed by atoms with van der Waals surface area (Å²) in [5, 5.41) is 10.1. The number of ketones is 1. The molecule has 36 heavy (non-hydrogen) atoms. The highest BCUT2D eigenvalue weighted by atomic mass is 19.4. The summed E-state index contributed by atoms with van der Waals surface area (Å²) in [6.45, 7) is 2.54. The largest absolute Gasteiger partial charge is 0.493 e. The molecule has 4 aromatic rings. The van der Waals surface area contributed by atoms with E-state index >= 15 is 0 Å². The molecule has 190 valence electrons. The fourth-order valence-corrected chi connectivity index (χ4v) is 4.20. The molecule has 7 nitrogen and oxygen atoms in total. The van der Waals surface area contributed by atoms with Gasteiger partial charge in [0.05, 0.1) is 24.3 Å². The van der Waals surface area contributed by atoms with Gasteiger partial charge in [-0.1, -0.05) is 13.3 Å². The minimum absolute atomic E-state index is 0.116. The number of nitrogens with zero attached hydrogens (tertiary/aromatic N) is 1. The standard InChI is InChI=1S/C26H25F3N2O5/c1-2-4-19-22(8-6-18-20(14-30-24(18)19)25(34)26(27,28)29)36-12-3-11-35-17-5-7-21-16(13-17)9-10-31(21)15-23(32)33/h5-10,13-14,30H,2-4,11-12,15H2,1H3,(H,32,33). The van der Waals surface area contributed by atoms with Gasteiger partial charge >= 0.3 is 12.1 Å². The molecule has 2 aromatic carbocycles. The maximum Gasteiger partial charge on any atom is 0.454 e. The van der Waals surface area contributed by atoms with Gasteiger partial charge in [-0.3, -0.25) is 9.59 Å². The van der Waals surface area contributed by atoms with Gasteiger partial charge in [-0.2, -0.15) is 13.2 Å². The SMILES string of the molecule is CCCc1c(OCCCOc2ccc3c(ccn3CC(=O)O)c2)ccc2c(C(=O)C(F)(F)F)c[nH]c12. The molecule has 2 N–H and O–H groups in total. The number of carboxylic acids is 1. The number of carbonyl (C=O) groups excluding carboxylic acids is 1. The van der Waals surface area contributed by atoms with E-state index in [1.165, 1.54) is 6.07 Å². The van der Waals surface area contributed by atoms with E-state index < -0.39 is 23.5 Å². The minimum Gasteiger partial charge on any atom is -0.493 e. The Morgan fingerprint density at radius 1 is 1.08 bits per heavy atom. The first kappa shape index (κ1) is 25.2. The van der Waals surface area contributed by atoms with Crippen molar-refractivity contribution >= 4 is 33.6 Å². The van der Waals surface area contributed by atoms with Crippen LogP contribution >= 0.6 is 0 Å². The number of nitrogens with one attached hydrogen (secondary N) is 1. The van der Waals surface area contributed by atoms with E-state index in [4.69, 9.17) is 14.6 Å². The van der Waals surface area contributed by atoms with Gasteiger partial charge in [0, 0.05) is 40.7 Å². The molecule has 0 atom stereocenters. The summed E-state index contributed by atoms with van der Waals surface area (Å²) in [5.74, 6) is -1.59. The maximum absolute atomic E-state index is 12.9. The summed E-state index contributed by atoms with van der Waals surface area (Å²) in [6, 6.07) is 10.3. The molecule has 0 spiro atoms. The van der Waals surface area contributed by atoms with Crippen LogP contribution in [0.4, 0.5) is 13.2 Å². The van der Waals surface area contributed by atoms with Crippen LogP contribution in [0.5, 0.6) is 11.5 Å². The number of aromatic nitrogens is 2. The van der Waals surface area contributed by atoms with Crippen molar-refractivity contribution in [2.24, 2.45) is 0 Å². The van der Waals surface area contributed by atoms with Crippen LogP contribution in [0.2, 0.25) is 0 Å². The highest BCUT2D eigenvalue weighted by molar-refractivity contribution is 6.11. The number of benzene rings is 2. The summed E-state index contributed by atoms with van der Waals surface area (Å²) in [6.07, 6.45) is -0.245. The van der Waals surface area contributed by atoms with Crippen LogP contribution in [0, 0.1) is 0 Å². The lowest BCUT2D eigenvalue weighted by Gasteiger charge is -2.13. The third kappa shape index (κ3) is 5.32. The van der Waals surface area contributed by atoms with Gasteiger partial charge in [-0.25, -0.2) is 0 Å². The number of Topliss-reactive ketones (excluding diaryl/α,β-unsaturated/α-hetero) is 1. The maximum atomic E-state index is 12.9. The second kappa shape index (κ2) is 10.3. The number of hydrogen-bond donors (Lipinski definition) is 2. The van der Waals surface area contributed by atoms with Crippen LogP contribution in [0.15, 0.2) is 48.8 Å². The fraction of sp³-hybridized carbons (Fsp3) is 0.308. The average molecular weight is 502 g/mol. The summed E-state index contributed by atoms with van der Waals surface area (Å²) >= 11 is 0. The summed E-state index contributed by atoms with van der Waals surface area (Å²) < 4.78 is 52.2. The van der Waals surface area contributed by atoms with E-state index in [9.17, 15) is 22.8 Å². The molecule has 0 aliphatic heterocycles. The van der Waals surface area contributed by atoms with Crippen molar-refractivity contribution in [2.75, 3.05) is 13.2 Å². The van der Waals surface area contributed by atoms with Crippen LogP contribution in [-0.2, 0) is 17.8 Å². The van der Waals surface area contributed by atoms with Crippen molar-refractivity contribution in [2.45, 2.75) is 38.9 Å². The van der Waals surface area contributed by atoms with E-state index in [0.717, 1.165) is 29.1 Å². The van der Waals surface area contributed by atoms with E-state index in [2.05, 4.69) is 4.98 Å². The van der Waals surface area contributed by atoms with Gasteiger partial charge in [0.2, 0.25) is 0 Å². The smallest absolute Gasteiger partial charge is 0.454 e. The molecule has 0 saturated heterocycles. The topological polar surface area (TPSA) is 93.5 Å². The second-order valence-corrected chi connectivity index (χ2v) is 8.35. The Morgan fingerprint density at radius 3 is 2.58 bits per heavy atom. The van der Waals surface area contributed by atoms with Gasteiger partial charge in [0.15, 0.2) is 0 Å². The lowest BCUT2D eigenvalue weighted by Crippen LogP contribution is -2.22. The van der Waals surface area contributed by atoms with E-state index in [0.29, 0.717) is 43.1 Å². The Balaban J connectivity index is 1.38. The number of rotatable bonds is 11. The zero-order valence-corrected chi connectivity index (χ0v) is 19.5. The van der Waals surface area contributed by atoms with E-state index in [-0.39, 0.29) is 11.9 Å². The van der Waals surface area contributed by atoms with Crippen molar-refractivity contribution in [1.29, 1.82) is 0 Å². The highest BCUT2D eigenvalue weighted by Gasteiger charge is 2.40. The number of aromatic amines is 1. The Labute approximate surface area is 204 Å². The average Bonchev–Trinajstić information content (AvgIpc) is 3.42. The van der Waals surface area contributed by atoms with Gasteiger partial charge in [-0.15, -0.1) is 0 Å². The second-order valence-electron chi connectivity index (χ2n) is 8.35. The fourth-order valence-electron chi connectivity index (χ4n) is 4.20. The zero-order valence-electron chi connectivity index (χ0n) is 19.5. The lowest BCUT2D eigenvalue weighted by molar-refractivity contribution is -0.137. The first-order chi connectivity index (χ1) is 17.2. The normalized spacial score (nSPS) is 11.8. The monoisotopic (exact) mass is 502 g/mol. The number of aliphatic carboxylic acids is 1. The number of hydrogen-bond acceptors (Lipinski definition) is 4. The molecule has 4 rings (SSSR count). The molecular weight excluding hydrogens is 477 g/mol. The van der Waals surface area contributed by atoms with E-state index in [1.54, 1.807) is 22.9 Å². The van der Waals surface area contributed by atoms with Crippen LogP contribution in [0.1, 0.15) is 35.7 Å². The molecule has 0 aliphatic rings. The third-order valence-corrected chi connectivity index (χ3v) is 5.79. The molecule has 2 heterocycles. The molecule has 2 aromatic heterocycles. The Morgan fingerprint density at radius 2 is 1.86 bits per heavy atom. The van der Waals surface area contributed by atoms with Crippen LogP contribution < -0.4 is 9.47 Å². The summed E-state index contributed by atoms with van der Waals surface area (Å²) in [5.41, 5.74) is 1.61. The number of carboxylic acid groups (broad SMARTS) is 1. The van der Waals surface area contributed by atoms with Crippen molar-refractivity contribution in [3.63, 3.8) is 0 Å². The predicted molar refractivity (Wildman–Crippen MR) is 128 cm³/mol. The molecule has 0 fully saturated rings. The molecular formula is C26H25F3N2O5. The number of carbonyl (C=O) groups is 2. The van der Waals surface area contributed by atoms with Crippen LogP contribution in [-0.4, -0.2) is 45.8 Å². The predicted octanol–water partition coefficient (Wildman–Crippen LogP) is 5.75. The molecule has 0 unspecified atom stereocenters. The molecule has 0 radical (unpaired) electrons. The van der Waals surface area contributed by atoms with Crippen molar-refractivity contribution in [1.82, 2.24) is 9.55 Å². The molecule has 0 aliphatic carbocycles. The van der Waals surface area contributed by atoms with Gasteiger partial charge in [-0.05, 0) is 42.8 Å². The number of H-pyrrole nitrogens is 1. The molecule has 0 amide bonds. The van der Waals surface area contributed by atoms with Crippen LogP contribution in [0.25, 0.3) is 21.8 Å². The number of ether oxygens (including phenoxy) is 2. The van der Waals surface area contributed by atoms with E-state index in [1.807, 2.05) is 25.1 Å². The van der Waals surface area contributed by atoms with Gasteiger partial charge in [0.25, 0.3) is 5.78 Å². The van der Waals surface area contributed by atoms with Crippen molar-refractivity contribution < 1.29 is 37.3 Å². The first-order valence-electron chi connectivity index (χ1n) is 11.5. The summed E-state index contributed by atoms with van der Waals surface area (Å²) in [4.78, 5) is 25.5. The lowest BCUT2D eigenvalue weighted by atomic mass is 10.0. The number of alkyl halides is 3. The highest BCUT2D eigenvalue weighted by Crippen LogP contribution is 2.33. The Hall–Kier alpha value is -3.95. The van der Waals surface area contributed by atoms with Crippen molar-refractivity contribution in [3.8, 4) is 11.5 Å². The zero-order chi connectivity index (χ0) is 25.9. The minimum atomic E-state index is -4.94. The Kier molecular flexibility index (Phi) is 7.23. The number of fused-ring (bicyclic) bond motifs is 2. The summed E-state index contributed by atoms with van der Waals surface area (Å²) in [7, 11) is 0. The number of halogens is 3. The van der Waals surface area contributed by atoms with Gasteiger partial charge < -0.3 is 24.1 Å². The van der Waals surface area contributed by atoms with Crippen molar-refractivity contribution in [3.05, 3.63) is 59.9 Å². The molecule has 10 heteroatoms. The number of aryl methyl sites for hydroxylation is 1. The van der Waals surface area contributed by atoms with Crippen LogP contribution in [0.3, 0.4) is 0 Å². The quantitative estimate of drug-likeness (QED) is 0.201. The third-order valence-electron chi connectivity index (χ3n) is 5.79. The molecule has 0 bridgehead atoms. The first-order valence-corrected chi connectivity index (χ1v) is 11.5. The van der Waals surface area contributed by atoms with Gasteiger partial charge in [0.1, 0.15) is 18.0 Å². The Bertz CT molecular complexity index is 1400.